The van der Waals surface area contributed by atoms with Crippen LogP contribution in [0, 0.1) is 0 Å². The maximum absolute atomic E-state index is 11.7. The zero-order chi connectivity index (χ0) is 13.9. The Morgan fingerprint density at radius 3 is 1.58 bits per heavy atom. The van der Waals surface area contributed by atoms with E-state index in [9.17, 15) is 8.42 Å². The lowest BCUT2D eigenvalue weighted by Gasteiger charge is -2.21. The number of hydroxylamine groups is 2. The fraction of sp³-hybridized carbons (Fsp3) is 0.400. The molecule has 8 nitrogen and oxygen atoms in total. The van der Waals surface area contributed by atoms with Gasteiger partial charge in [0.2, 0.25) is 0 Å². The molecule has 1 aromatic carbocycles. The highest BCUT2D eigenvalue weighted by atomic mass is 32.3. The normalized spacial score (nSPS) is 18.0. The van der Waals surface area contributed by atoms with Crippen molar-refractivity contribution >= 4 is 21.8 Å². The first-order valence-electron chi connectivity index (χ1n) is 5.57. The molecule has 0 atom stereocenters. The van der Waals surface area contributed by atoms with Crippen LogP contribution in [0.3, 0.4) is 0 Å². The number of hydrogen-bond acceptors (Lipinski definition) is 8. The number of aliphatic hydroxyl groups is 2. The molecule has 0 radical (unpaired) electrons. The van der Waals surface area contributed by atoms with Crippen molar-refractivity contribution in [3.05, 3.63) is 24.3 Å². The monoisotopic (exact) mass is 290 g/mol. The summed E-state index contributed by atoms with van der Waals surface area (Å²) in [5, 5.41) is 19.9. The Morgan fingerprint density at radius 2 is 1.26 bits per heavy atom. The quantitative estimate of drug-likeness (QED) is 0.759. The molecule has 0 spiro atoms. The maximum Gasteiger partial charge on any atom is 0.442 e. The Bertz CT molecular complexity index is 476. The van der Waals surface area contributed by atoms with E-state index in [1.165, 1.54) is 0 Å². The van der Waals surface area contributed by atoms with Gasteiger partial charge in [-0.2, -0.15) is 8.42 Å². The first-order valence-corrected chi connectivity index (χ1v) is 6.90. The van der Waals surface area contributed by atoms with Gasteiger partial charge in [0.15, 0.2) is 0 Å². The average Bonchev–Trinajstić information content (AvgIpc) is 2.44. The number of rotatable bonds is 4. The molecule has 9 heteroatoms. The Hall–Kier alpha value is -1.39. The lowest BCUT2D eigenvalue weighted by molar-refractivity contribution is 0.165. The summed E-state index contributed by atoms with van der Waals surface area (Å²) < 4.78 is 32.9. The van der Waals surface area contributed by atoms with Crippen molar-refractivity contribution < 1.29 is 27.2 Å². The maximum atomic E-state index is 11.7. The second kappa shape index (κ2) is 5.72. The van der Waals surface area contributed by atoms with Crippen molar-refractivity contribution in [1.82, 2.24) is 0 Å². The predicted molar refractivity (Wildman–Crippen MR) is 66.4 cm³/mol. The van der Waals surface area contributed by atoms with Gasteiger partial charge in [-0.05, 0) is 24.3 Å². The standard InChI is InChI=1S/C10H14N2O6S/c13-7-5-11-9-1-2-10(4-3-9)12(6-8-14)18-19(15,16)17-11/h1-4,13-14H,5-8H2. The van der Waals surface area contributed by atoms with Crippen molar-refractivity contribution in [3.63, 3.8) is 0 Å². The van der Waals surface area contributed by atoms with Gasteiger partial charge in [0.25, 0.3) is 0 Å². The summed E-state index contributed by atoms with van der Waals surface area (Å²) in [6.45, 7) is -0.612. The summed E-state index contributed by atoms with van der Waals surface area (Å²) in [5.74, 6) is 0. The van der Waals surface area contributed by atoms with Crippen molar-refractivity contribution in [1.29, 1.82) is 0 Å². The molecule has 2 N–H and O–H groups in total. The van der Waals surface area contributed by atoms with Gasteiger partial charge in [0.1, 0.15) is 0 Å². The Kier molecular flexibility index (Phi) is 4.22. The molecule has 0 unspecified atom stereocenters. The zero-order valence-electron chi connectivity index (χ0n) is 9.97. The molecule has 0 fully saturated rings. The second-order valence-electron chi connectivity index (χ2n) is 3.73. The van der Waals surface area contributed by atoms with Crippen LogP contribution >= 0.6 is 0 Å². The van der Waals surface area contributed by atoms with Crippen molar-refractivity contribution in [2.75, 3.05) is 36.4 Å². The van der Waals surface area contributed by atoms with Gasteiger partial charge in [-0.25, -0.2) is 10.1 Å². The number of aliphatic hydroxyl groups excluding tert-OH is 2. The van der Waals surface area contributed by atoms with E-state index in [1.54, 1.807) is 24.3 Å². The van der Waals surface area contributed by atoms with E-state index in [1.807, 2.05) is 0 Å². The molecule has 2 bridgehead atoms. The summed E-state index contributed by atoms with van der Waals surface area (Å²) in [6, 6.07) is 6.50. The predicted octanol–water partition coefficient (Wildman–Crippen LogP) is -0.594. The molecule has 0 aromatic heterocycles. The van der Waals surface area contributed by atoms with E-state index in [0.29, 0.717) is 11.4 Å². The third-order valence-corrected chi connectivity index (χ3v) is 3.12. The van der Waals surface area contributed by atoms with Crippen LogP contribution in [0.15, 0.2) is 24.3 Å². The molecule has 0 aliphatic carbocycles. The minimum absolute atomic E-state index is 0.0259. The van der Waals surface area contributed by atoms with Crippen molar-refractivity contribution in [2.24, 2.45) is 0 Å². The Balaban J connectivity index is 2.37. The Labute approximate surface area is 110 Å². The molecule has 0 amide bonds. The lowest BCUT2D eigenvalue weighted by Crippen LogP contribution is -2.35. The summed E-state index contributed by atoms with van der Waals surface area (Å²) in [5.41, 5.74) is 0.937. The van der Waals surface area contributed by atoms with Crippen molar-refractivity contribution in [3.8, 4) is 0 Å². The van der Waals surface area contributed by atoms with Crippen LogP contribution in [0.2, 0.25) is 0 Å². The number of hydrogen-bond donors (Lipinski definition) is 2. The van der Waals surface area contributed by atoms with E-state index < -0.39 is 10.4 Å². The third-order valence-electron chi connectivity index (χ3n) is 2.39. The highest BCUT2D eigenvalue weighted by Gasteiger charge is 2.26. The van der Waals surface area contributed by atoms with Crippen LogP contribution < -0.4 is 10.1 Å². The molecule has 19 heavy (non-hydrogen) atoms. The van der Waals surface area contributed by atoms with Crippen LogP contribution in [-0.2, 0) is 19.0 Å². The number of anilines is 2. The van der Waals surface area contributed by atoms with E-state index in [-0.39, 0.29) is 26.3 Å². The van der Waals surface area contributed by atoms with Gasteiger partial charge in [0.05, 0.1) is 37.7 Å². The molecule has 2 aliphatic heterocycles. The molecule has 1 aromatic rings. The smallest absolute Gasteiger partial charge is 0.394 e. The van der Waals surface area contributed by atoms with E-state index in [0.717, 1.165) is 10.1 Å². The van der Waals surface area contributed by atoms with Gasteiger partial charge in [-0.15, -0.1) is 8.57 Å². The number of nitrogens with zero attached hydrogens (tertiary/aromatic N) is 2. The molecule has 0 saturated heterocycles. The minimum atomic E-state index is -4.33. The molecule has 2 heterocycles. The SMILES string of the molecule is O=S1(=O)ON(CCO)c2ccc(cc2)N(CCO)O1. The van der Waals surface area contributed by atoms with Crippen molar-refractivity contribution in [2.45, 2.75) is 0 Å². The van der Waals surface area contributed by atoms with Gasteiger partial charge in [0, 0.05) is 0 Å². The molecule has 106 valence electrons. The first kappa shape index (κ1) is 14.0. The first-order chi connectivity index (χ1) is 9.05. The van der Waals surface area contributed by atoms with Crippen LogP contribution in [0.25, 0.3) is 0 Å². The van der Waals surface area contributed by atoms with Crippen LogP contribution in [-0.4, -0.2) is 44.9 Å². The fourth-order valence-corrected chi connectivity index (χ4v) is 2.41. The van der Waals surface area contributed by atoms with Gasteiger partial charge < -0.3 is 10.2 Å². The molecular weight excluding hydrogens is 276 g/mol. The van der Waals surface area contributed by atoms with Gasteiger partial charge in [-0.3, -0.25) is 0 Å². The fourth-order valence-electron chi connectivity index (χ4n) is 1.62. The highest BCUT2D eigenvalue weighted by Crippen LogP contribution is 2.25. The summed E-state index contributed by atoms with van der Waals surface area (Å²) in [4.78, 5) is 0. The number of fused-ring (bicyclic) bond motifs is 6. The molecule has 2 aliphatic rings. The van der Waals surface area contributed by atoms with Crippen LogP contribution in [0.4, 0.5) is 11.4 Å². The molecule has 0 saturated carbocycles. The lowest BCUT2D eigenvalue weighted by atomic mass is 10.2. The number of benzene rings is 1. The Morgan fingerprint density at radius 1 is 0.895 bits per heavy atom. The second-order valence-corrected chi connectivity index (χ2v) is 4.84. The van der Waals surface area contributed by atoms with Crippen LogP contribution in [0.5, 0.6) is 0 Å². The summed E-state index contributed by atoms with van der Waals surface area (Å²) in [7, 11) is -4.33. The summed E-state index contributed by atoms with van der Waals surface area (Å²) >= 11 is 0. The van der Waals surface area contributed by atoms with Crippen LogP contribution in [0.1, 0.15) is 0 Å². The largest absolute Gasteiger partial charge is 0.442 e. The molecule has 3 rings (SSSR count). The van der Waals surface area contributed by atoms with E-state index >= 15 is 0 Å². The highest BCUT2D eigenvalue weighted by molar-refractivity contribution is 7.81. The average molecular weight is 290 g/mol. The molecular formula is C10H14N2O6S. The van der Waals surface area contributed by atoms with E-state index in [2.05, 4.69) is 0 Å². The topological polar surface area (TPSA) is 99.5 Å². The summed E-state index contributed by atoms with van der Waals surface area (Å²) in [6.07, 6.45) is 0. The minimum Gasteiger partial charge on any atom is -0.394 e. The van der Waals surface area contributed by atoms with Gasteiger partial charge in [-0.1, -0.05) is 0 Å². The third kappa shape index (κ3) is 3.33. The van der Waals surface area contributed by atoms with E-state index in [4.69, 9.17) is 18.8 Å². The zero-order valence-corrected chi connectivity index (χ0v) is 10.8. The van der Waals surface area contributed by atoms with Gasteiger partial charge >= 0.3 is 10.4 Å².